The van der Waals surface area contributed by atoms with Gasteiger partial charge in [0.15, 0.2) is 0 Å². The smallest absolute Gasteiger partial charge is 0.0927 e. The molecular weight excluding hydrogens is 292 g/mol. The molecule has 0 amide bonds. The summed E-state index contributed by atoms with van der Waals surface area (Å²) in [4.78, 5) is 0. The molecule has 114 valence electrons. The molecule has 0 bridgehead atoms. The summed E-state index contributed by atoms with van der Waals surface area (Å²) in [7, 11) is 0. The molecule has 2 heteroatoms. The van der Waals surface area contributed by atoms with E-state index in [1.54, 1.807) is 0 Å². The van der Waals surface area contributed by atoms with Crippen molar-refractivity contribution in [2.75, 3.05) is 0 Å². The summed E-state index contributed by atoms with van der Waals surface area (Å²) >= 11 is 5.94. The van der Waals surface area contributed by atoms with E-state index in [1.165, 1.54) is 0 Å². The summed E-state index contributed by atoms with van der Waals surface area (Å²) < 4.78 is 0. The molecule has 0 aromatic heterocycles. The lowest BCUT2D eigenvalue weighted by atomic mass is 9.77. The molecule has 2 aromatic carbocycles. The molecule has 1 unspecified atom stereocenters. The van der Waals surface area contributed by atoms with E-state index in [0.29, 0.717) is 5.92 Å². The Labute approximate surface area is 137 Å². The maximum atomic E-state index is 11.1. The average Bonchev–Trinajstić information content (AvgIpc) is 3.10. The van der Waals surface area contributed by atoms with Gasteiger partial charge in [0.25, 0.3) is 0 Å². The Kier molecular flexibility index (Phi) is 4.37. The van der Waals surface area contributed by atoms with Crippen LogP contribution in [0.3, 0.4) is 0 Å². The van der Waals surface area contributed by atoms with Crippen molar-refractivity contribution in [1.29, 1.82) is 0 Å². The molecule has 3 rings (SSSR count). The number of aliphatic hydroxyl groups is 1. The van der Waals surface area contributed by atoms with E-state index < -0.39 is 5.60 Å². The quantitative estimate of drug-likeness (QED) is 0.732. The van der Waals surface area contributed by atoms with Gasteiger partial charge in [-0.05, 0) is 54.0 Å². The third kappa shape index (κ3) is 2.84. The Morgan fingerprint density at radius 2 is 1.45 bits per heavy atom. The Hall–Kier alpha value is -1.57. The van der Waals surface area contributed by atoms with Crippen LogP contribution in [0.15, 0.2) is 60.7 Å². The lowest BCUT2D eigenvalue weighted by Crippen LogP contribution is -2.33. The fourth-order valence-electron chi connectivity index (χ4n) is 3.33. The second-order valence-corrected chi connectivity index (χ2v) is 6.44. The first-order chi connectivity index (χ1) is 10.6. The minimum atomic E-state index is -0.734. The van der Waals surface area contributed by atoms with Gasteiger partial charge in [0.05, 0.1) is 5.60 Å². The van der Waals surface area contributed by atoms with Gasteiger partial charge >= 0.3 is 0 Å². The molecule has 0 saturated heterocycles. The van der Waals surface area contributed by atoms with Crippen molar-refractivity contribution in [2.24, 2.45) is 5.92 Å². The normalized spacial score (nSPS) is 17.6. The Balaban J connectivity index is 1.88. The van der Waals surface area contributed by atoms with Gasteiger partial charge < -0.3 is 5.11 Å². The molecule has 2 aromatic rings. The van der Waals surface area contributed by atoms with Crippen LogP contribution in [0, 0.1) is 5.92 Å². The molecule has 1 atom stereocenters. The molecule has 0 spiro atoms. The molecule has 0 saturated carbocycles. The highest BCUT2D eigenvalue weighted by molar-refractivity contribution is 6.30. The topological polar surface area (TPSA) is 20.2 Å². The third-order valence-corrected chi connectivity index (χ3v) is 5.04. The number of halogens is 1. The molecular formula is C20H21ClO. The monoisotopic (exact) mass is 312 g/mol. The fraction of sp³-hybridized carbons (Fsp3) is 0.300. The molecule has 22 heavy (non-hydrogen) atoms. The van der Waals surface area contributed by atoms with E-state index in [9.17, 15) is 5.11 Å². The van der Waals surface area contributed by atoms with Gasteiger partial charge in [-0.1, -0.05) is 67.1 Å². The van der Waals surface area contributed by atoms with Crippen molar-refractivity contribution >= 4 is 11.6 Å². The highest BCUT2D eigenvalue weighted by Crippen LogP contribution is 2.40. The van der Waals surface area contributed by atoms with Crippen LogP contribution in [0.25, 0.3) is 11.1 Å². The largest absolute Gasteiger partial charge is 0.385 e. The third-order valence-electron chi connectivity index (χ3n) is 4.78. The van der Waals surface area contributed by atoms with Gasteiger partial charge in [0.1, 0.15) is 0 Å². The first-order valence-electron chi connectivity index (χ1n) is 7.87. The van der Waals surface area contributed by atoms with Crippen molar-refractivity contribution in [1.82, 2.24) is 0 Å². The van der Waals surface area contributed by atoms with E-state index in [4.69, 9.17) is 11.6 Å². The van der Waals surface area contributed by atoms with Crippen molar-refractivity contribution < 1.29 is 5.11 Å². The first-order valence-corrected chi connectivity index (χ1v) is 8.25. The molecule has 1 aliphatic rings. The van der Waals surface area contributed by atoms with E-state index in [-0.39, 0.29) is 0 Å². The van der Waals surface area contributed by atoms with Crippen LogP contribution >= 0.6 is 11.6 Å². The van der Waals surface area contributed by atoms with Gasteiger partial charge in [0.2, 0.25) is 0 Å². The molecule has 0 fully saturated rings. The van der Waals surface area contributed by atoms with Crippen LogP contribution in [-0.4, -0.2) is 5.11 Å². The van der Waals surface area contributed by atoms with E-state index >= 15 is 0 Å². The van der Waals surface area contributed by atoms with Crippen LogP contribution in [0.1, 0.15) is 31.7 Å². The Bertz CT molecular complexity index is 649. The van der Waals surface area contributed by atoms with Gasteiger partial charge in [-0.2, -0.15) is 0 Å². The number of hydrogen-bond donors (Lipinski definition) is 1. The predicted molar refractivity (Wildman–Crippen MR) is 92.9 cm³/mol. The second-order valence-electron chi connectivity index (χ2n) is 6.00. The lowest BCUT2D eigenvalue weighted by molar-refractivity contribution is -0.0234. The molecule has 0 radical (unpaired) electrons. The number of benzene rings is 2. The molecule has 1 nitrogen and oxygen atoms in total. The zero-order chi connectivity index (χ0) is 15.6. The van der Waals surface area contributed by atoms with Crippen molar-refractivity contribution in [3.63, 3.8) is 0 Å². The van der Waals surface area contributed by atoms with Crippen molar-refractivity contribution in [2.45, 2.75) is 31.8 Å². The molecule has 1 aliphatic carbocycles. The number of hydrogen-bond acceptors (Lipinski definition) is 1. The standard InChI is InChI=1S/C20H21ClO/c1-2-20(22,17-5-3-4-6-17)18-11-7-15(8-12-18)16-9-13-19(21)14-10-16/h3-4,7-14,17,22H,2,5-6H2,1H3. The van der Waals surface area contributed by atoms with Crippen LogP contribution < -0.4 is 0 Å². The second kappa shape index (κ2) is 6.28. The summed E-state index contributed by atoms with van der Waals surface area (Å²) in [6, 6.07) is 16.1. The van der Waals surface area contributed by atoms with Crippen LogP contribution in [0.5, 0.6) is 0 Å². The Morgan fingerprint density at radius 1 is 0.955 bits per heavy atom. The van der Waals surface area contributed by atoms with E-state index in [2.05, 4.69) is 43.3 Å². The van der Waals surface area contributed by atoms with Gasteiger partial charge in [-0.3, -0.25) is 0 Å². The van der Waals surface area contributed by atoms with Crippen LogP contribution in [-0.2, 0) is 5.60 Å². The zero-order valence-electron chi connectivity index (χ0n) is 12.8. The van der Waals surface area contributed by atoms with Crippen LogP contribution in [0.4, 0.5) is 0 Å². The molecule has 0 heterocycles. The van der Waals surface area contributed by atoms with Crippen molar-refractivity contribution in [3.05, 3.63) is 71.3 Å². The highest BCUT2D eigenvalue weighted by atomic mass is 35.5. The lowest BCUT2D eigenvalue weighted by Gasteiger charge is -2.34. The van der Waals surface area contributed by atoms with Gasteiger partial charge in [-0.15, -0.1) is 0 Å². The summed E-state index contributed by atoms with van der Waals surface area (Å²) in [6.07, 6.45) is 7.01. The summed E-state index contributed by atoms with van der Waals surface area (Å²) in [5.74, 6) is 0.291. The SMILES string of the molecule is CCC(O)(c1ccc(-c2ccc(Cl)cc2)cc1)C1CC=CC1. The number of rotatable bonds is 4. The zero-order valence-corrected chi connectivity index (χ0v) is 13.6. The number of allylic oxidation sites excluding steroid dienone is 2. The molecule has 1 N–H and O–H groups in total. The Morgan fingerprint density at radius 3 is 1.95 bits per heavy atom. The minimum absolute atomic E-state index is 0.291. The van der Waals surface area contributed by atoms with Crippen molar-refractivity contribution in [3.8, 4) is 11.1 Å². The maximum Gasteiger partial charge on any atom is 0.0927 e. The van der Waals surface area contributed by atoms with Gasteiger partial charge in [0, 0.05) is 5.02 Å². The highest BCUT2D eigenvalue weighted by Gasteiger charge is 2.36. The summed E-state index contributed by atoms with van der Waals surface area (Å²) in [5.41, 5.74) is 2.56. The minimum Gasteiger partial charge on any atom is -0.385 e. The van der Waals surface area contributed by atoms with Gasteiger partial charge in [-0.25, -0.2) is 0 Å². The predicted octanol–water partition coefficient (Wildman–Crippen LogP) is 5.57. The summed E-state index contributed by atoms with van der Waals surface area (Å²) in [5, 5.41) is 11.9. The fourth-order valence-corrected chi connectivity index (χ4v) is 3.46. The first kappa shape index (κ1) is 15.3. The van der Waals surface area contributed by atoms with Crippen LogP contribution in [0.2, 0.25) is 5.02 Å². The maximum absolute atomic E-state index is 11.1. The summed E-state index contributed by atoms with van der Waals surface area (Å²) in [6.45, 7) is 2.06. The van der Waals surface area contributed by atoms with E-state index in [0.717, 1.165) is 41.0 Å². The average molecular weight is 313 g/mol. The van der Waals surface area contributed by atoms with E-state index in [1.807, 2.05) is 24.3 Å². The molecule has 0 aliphatic heterocycles.